The fourth-order valence-corrected chi connectivity index (χ4v) is 11.4. The van der Waals surface area contributed by atoms with Gasteiger partial charge in [0.25, 0.3) is 0 Å². The van der Waals surface area contributed by atoms with Crippen molar-refractivity contribution in [3.8, 4) is 128 Å². The molecule has 0 unspecified atom stereocenters. The number of nitrogens with zero attached hydrogens (tertiary/aromatic N) is 12. The van der Waals surface area contributed by atoms with Crippen LogP contribution in [0.1, 0.15) is 61.2 Å². The first-order chi connectivity index (χ1) is 41.7. The van der Waals surface area contributed by atoms with E-state index in [1.807, 2.05) is 30.3 Å². The highest BCUT2D eigenvalue weighted by Gasteiger charge is 2.36. The molecule has 12 rings (SSSR count). The highest BCUT2D eigenvalue weighted by atomic mass is 19.4. The fraction of sp³-hybridized carbons (Fsp3) is 0.0141. The SMILES string of the molecule is N#Cc1cc(C#N)cc(-c2ccc3c(c2)c2cc(-c4cc(C#N)cc(C#N)c4)ccc2n3-c2cc(-c3c(C#N)cccc3C(F)(F)F)cc(-n3c4ccc(-c5cc(C#N)cc(C#N)c5)cc4c4cc(-c5cc(C#N)cc(C#N)c5)ccc43)c2C#N)c1. The molecule has 394 valence electrons. The van der Waals surface area contributed by atoms with Crippen LogP contribution < -0.4 is 0 Å². The second-order valence-corrected chi connectivity index (χ2v) is 20.0. The Kier molecular flexibility index (Phi) is 12.9. The van der Waals surface area contributed by atoms with Crippen molar-refractivity contribution in [3.63, 3.8) is 0 Å². The van der Waals surface area contributed by atoms with Gasteiger partial charge >= 0.3 is 6.18 Å². The number of hydrogen-bond acceptors (Lipinski definition) is 10. The monoisotopic (exact) mass is 1110 g/mol. The van der Waals surface area contributed by atoms with Gasteiger partial charge in [0.1, 0.15) is 11.6 Å². The van der Waals surface area contributed by atoms with Crippen molar-refractivity contribution in [2.24, 2.45) is 0 Å². The molecule has 0 saturated carbocycles. The molecule has 0 radical (unpaired) electrons. The number of rotatable bonds is 7. The molecular weight excluding hydrogens is 1080 g/mol. The zero-order valence-corrected chi connectivity index (χ0v) is 44.2. The average Bonchev–Trinajstić information content (AvgIpc) is 1.99. The molecule has 0 atom stereocenters. The molecule has 15 heteroatoms. The smallest absolute Gasteiger partial charge is 0.308 e. The molecule has 0 saturated heterocycles. The average molecular weight is 1110 g/mol. The number of fused-ring (bicyclic) bond motifs is 6. The Morgan fingerprint density at radius 2 is 0.570 bits per heavy atom. The third-order valence-corrected chi connectivity index (χ3v) is 15.1. The molecule has 0 N–H and O–H groups in total. The second-order valence-electron chi connectivity index (χ2n) is 20.0. The van der Waals surface area contributed by atoms with Gasteiger partial charge in [0.05, 0.1) is 144 Å². The maximum absolute atomic E-state index is 15.6. The van der Waals surface area contributed by atoms with Crippen LogP contribution >= 0.6 is 0 Å². The van der Waals surface area contributed by atoms with Crippen LogP contribution in [0.15, 0.2) is 176 Å². The van der Waals surface area contributed by atoms with E-state index in [1.165, 1.54) is 42.5 Å². The van der Waals surface area contributed by atoms with Crippen LogP contribution in [0.2, 0.25) is 0 Å². The highest BCUT2D eigenvalue weighted by Crippen LogP contribution is 2.46. The Morgan fingerprint density at radius 3 is 0.814 bits per heavy atom. The molecule has 10 aromatic carbocycles. The summed E-state index contributed by atoms with van der Waals surface area (Å²) in [5.41, 5.74) is 6.26. The summed E-state index contributed by atoms with van der Waals surface area (Å²) in [6.45, 7) is 0. The summed E-state index contributed by atoms with van der Waals surface area (Å²) in [5, 5.41) is 105. The van der Waals surface area contributed by atoms with Gasteiger partial charge in [-0.25, -0.2) is 0 Å². The maximum Gasteiger partial charge on any atom is 0.417 e. The lowest BCUT2D eigenvalue weighted by Crippen LogP contribution is -2.10. The minimum Gasteiger partial charge on any atom is -0.308 e. The van der Waals surface area contributed by atoms with Crippen LogP contribution in [0.3, 0.4) is 0 Å². The number of aromatic nitrogens is 2. The van der Waals surface area contributed by atoms with E-state index in [0.29, 0.717) is 88.1 Å². The van der Waals surface area contributed by atoms with Crippen LogP contribution in [-0.4, -0.2) is 9.13 Å². The molecule has 0 aliphatic heterocycles. The molecule has 86 heavy (non-hydrogen) atoms. The Bertz CT molecular complexity index is 4800. The minimum absolute atomic E-state index is 0.0304. The first kappa shape index (κ1) is 53.1. The van der Waals surface area contributed by atoms with E-state index in [1.54, 1.807) is 106 Å². The molecule has 2 aromatic heterocycles. The van der Waals surface area contributed by atoms with Gasteiger partial charge in [0, 0.05) is 27.1 Å². The van der Waals surface area contributed by atoms with Crippen LogP contribution in [0.5, 0.6) is 0 Å². The van der Waals surface area contributed by atoms with Gasteiger partial charge in [-0.3, -0.25) is 0 Å². The molecule has 0 aliphatic carbocycles. The quantitative estimate of drug-likeness (QED) is 0.146. The summed E-state index contributed by atoms with van der Waals surface area (Å²) in [7, 11) is 0. The van der Waals surface area contributed by atoms with Crippen LogP contribution in [-0.2, 0) is 6.18 Å². The van der Waals surface area contributed by atoms with E-state index in [-0.39, 0.29) is 72.6 Å². The minimum atomic E-state index is -4.99. The van der Waals surface area contributed by atoms with E-state index in [4.69, 9.17) is 0 Å². The van der Waals surface area contributed by atoms with Crippen molar-refractivity contribution in [1.82, 2.24) is 9.13 Å². The first-order valence-electron chi connectivity index (χ1n) is 25.9. The number of hydrogen-bond donors (Lipinski definition) is 0. The third kappa shape index (κ3) is 9.00. The molecule has 0 amide bonds. The zero-order chi connectivity index (χ0) is 60.1. The van der Waals surface area contributed by atoms with Crippen molar-refractivity contribution >= 4 is 43.6 Å². The second kappa shape index (κ2) is 20.9. The van der Waals surface area contributed by atoms with Gasteiger partial charge in [-0.2, -0.15) is 65.8 Å². The summed E-state index contributed by atoms with van der Waals surface area (Å²) in [4.78, 5) is 0. The normalized spacial score (nSPS) is 10.8. The zero-order valence-electron chi connectivity index (χ0n) is 44.2. The molecule has 2 heterocycles. The number of nitriles is 10. The van der Waals surface area contributed by atoms with Gasteiger partial charge in [0.15, 0.2) is 0 Å². The molecule has 0 fully saturated rings. The summed E-state index contributed by atoms with van der Waals surface area (Å²) in [5.74, 6) is 0. The van der Waals surface area contributed by atoms with Crippen LogP contribution in [0.25, 0.3) is 111 Å². The summed E-state index contributed by atoms with van der Waals surface area (Å²) >= 11 is 0. The first-order valence-corrected chi connectivity index (χ1v) is 25.9. The van der Waals surface area contributed by atoms with E-state index in [2.05, 4.69) is 54.6 Å². The lowest BCUT2D eigenvalue weighted by Gasteiger charge is -2.21. The molecule has 12 aromatic rings. The molecule has 0 spiro atoms. The molecule has 0 bridgehead atoms. The topological polar surface area (TPSA) is 248 Å². The third-order valence-electron chi connectivity index (χ3n) is 15.1. The van der Waals surface area contributed by atoms with Crippen LogP contribution in [0.4, 0.5) is 13.2 Å². The van der Waals surface area contributed by atoms with Gasteiger partial charge in [-0.1, -0.05) is 30.3 Å². The summed E-state index contributed by atoms with van der Waals surface area (Å²) in [6, 6.07) is 67.9. The highest BCUT2D eigenvalue weighted by molar-refractivity contribution is 6.14. The molecule has 12 nitrogen and oxygen atoms in total. The standard InChI is InChI=1S/C71H29F3N12/c72-71(73,74)63-3-1-2-52(38-83)70(63)57-28-68(85-64-8-4-48(53-16-40(30-75)12-41(17-53)31-76)24-58(64)59-25-49(5-9-65(59)85)54-18-42(32-77)13-43(19-54)33-78)62(39-84)69(29-57)86-66-10-6-50(55-20-44(34-79)14-45(21-55)35-80)26-60(66)61-27-51(7-11-67(61)86)56-22-46(36-81)15-47(23-56)37-82/h1-29H. The van der Waals surface area contributed by atoms with Crippen molar-refractivity contribution < 1.29 is 13.2 Å². The lowest BCUT2D eigenvalue weighted by atomic mass is 9.92. The largest absolute Gasteiger partial charge is 0.417 e. The van der Waals surface area contributed by atoms with Crippen molar-refractivity contribution in [3.05, 3.63) is 237 Å². The van der Waals surface area contributed by atoms with Gasteiger partial charge in [-0.05, 0) is 196 Å². The molecule has 0 aliphatic rings. The Labute approximate surface area is 487 Å². The van der Waals surface area contributed by atoms with Gasteiger partial charge in [0.2, 0.25) is 0 Å². The van der Waals surface area contributed by atoms with Gasteiger partial charge in [-0.15, -0.1) is 0 Å². The number of alkyl halides is 3. The predicted molar refractivity (Wildman–Crippen MR) is 314 cm³/mol. The Morgan fingerprint density at radius 1 is 0.279 bits per heavy atom. The Hall–Kier alpha value is -13.5. The van der Waals surface area contributed by atoms with E-state index >= 15 is 13.2 Å². The van der Waals surface area contributed by atoms with Crippen molar-refractivity contribution in [2.45, 2.75) is 6.18 Å². The van der Waals surface area contributed by atoms with Crippen LogP contribution in [0, 0.1) is 113 Å². The van der Waals surface area contributed by atoms with E-state index in [9.17, 15) is 52.6 Å². The summed E-state index contributed by atoms with van der Waals surface area (Å²) in [6.07, 6.45) is -4.99. The van der Waals surface area contributed by atoms with E-state index in [0.717, 1.165) is 12.1 Å². The Balaban J connectivity index is 1.23. The maximum atomic E-state index is 15.6. The van der Waals surface area contributed by atoms with Crippen molar-refractivity contribution in [2.75, 3.05) is 0 Å². The van der Waals surface area contributed by atoms with Gasteiger partial charge < -0.3 is 9.13 Å². The van der Waals surface area contributed by atoms with E-state index < -0.39 is 17.3 Å². The van der Waals surface area contributed by atoms with Crippen molar-refractivity contribution in [1.29, 1.82) is 52.6 Å². The number of halogens is 3. The number of benzene rings is 10. The predicted octanol–water partition coefficient (Wildman–Crippen LogP) is 16.0. The fourth-order valence-electron chi connectivity index (χ4n) is 11.4. The summed E-state index contributed by atoms with van der Waals surface area (Å²) < 4.78 is 50.2. The lowest BCUT2D eigenvalue weighted by molar-refractivity contribution is -0.137. The molecular formula is C71H29F3N12.